The Morgan fingerprint density at radius 2 is 2.29 bits per heavy atom. The van der Waals surface area contributed by atoms with Gasteiger partial charge in [0.05, 0.1) is 23.5 Å². The highest BCUT2D eigenvalue weighted by Gasteiger charge is 2.33. The number of furan rings is 1. The Balaban J connectivity index is 1.58. The van der Waals surface area contributed by atoms with Gasteiger partial charge in [-0.25, -0.2) is 8.42 Å². The second-order valence-corrected chi connectivity index (χ2v) is 8.53. The van der Waals surface area contributed by atoms with Gasteiger partial charge in [-0.15, -0.1) is 10.2 Å². The molecule has 2 aromatic heterocycles. The Labute approximate surface area is 143 Å². The fourth-order valence-electron chi connectivity index (χ4n) is 2.63. The maximum atomic E-state index is 12.4. The Hall–Kier alpha value is -1.81. The van der Waals surface area contributed by atoms with Crippen LogP contribution < -0.4 is 0 Å². The SMILES string of the molecule is CCN(C(=O)CSc1nnc(-c2ccco2)o1)[C@H]1CCS(=O)(=O)C1. The molecule has 10 heteroatoms. The lowest BCUT2D eigenvalue weighted by Gasteiger charge is -2.26. The molecule has 1 atom stereocenters. The minimum absolute atomic E-state index is 0.0421. The molecule has 1 fully saturated rings. The standard InChI is InChI=1S/C14H17N3O5S2/c1-2-17(10-5-7-24(19,20)9-10)12(18)8-23-14-16-15-13(22-14)11-4-3-6-21-11/h3-4,6,10H,2,5,7-9H2,1H3/t10-/m0/s1. The molecule has 0 spiro atoms. The van der Waals surface area contributed by atoms with Crippen LogP contribution in [0, 0.1) is 0 Å². The highest BCUT2D eigenvalue weighted by molar-refractivity contribution is 7.99. The van der Waals surface area contributed by atoms with Crippen molar-refractivity contribution in [3.05, 3.63) is 18.4 Å². The molecule has 2 aromatic rings. The molecule has 0 saturated carbocycles. The maximum Gasteiger partial charge on any atom is 0.284 e. The van der Waals surface area contributed by atoms with Gasteiger partial charge < -0.3 is 13.7 Å². The highest BCUT2D eigenvalue weighted by Crippen LogP contribution is 2.24. The third-order valence-electron chi connectivity index (χ3n) is 3.77. The van der Waals surface area contributed by atoms with E-state index in [0.29, 0.717) is 18.7 Å². The fraction of sp³-hybridized carbons (Fsp3) is 0.500. The molecule has 8 nitrogen and oxygen atoms in total. The predicted molar refractivity (Wildman–Crippen MR) is 87.2 cm³/mol. The number of aromatic nitrogens is 2. The first kappa shape index (κ1) is 17.0. The average molecular weight is 371 g/mol. The topological polar surface area (TPSA) is 107 Å². The van der Waals surface area contributed by atoms with Gasteiger partial charge in [0.25, 0.3) is 11.1 Å². The maximum absolute atomic E-state index is 12.4. The minimum Gasteiger partial charge on any atom is -0.459 e. The van der Waals surface area contributed by atoms with Crippen molar-refractivity contribution in [2.24, 2.45) is 0 Å². The first-order chi connectivity index (χ1) is 11.5. The van der Waals surface area contributed by atoms with Crippen molar-refractivity contribution in [1.82, 2.24) is 15.1 Å². The van der Waals surface area contributed by atoms with Crippen LogP contribution in [0.4, 0.5) is 0 Å². The van der Waals surface area contributed by atoms with Gasteiger partial charge in [-0.2, -0.15) is 0 Å². The molecule has 1 aliphatic rings. The zero-order valence-electron chi connectivity index (χ0n) is 13.0. The number of thioether (sulfide) groups is 1. The van der Waals surface area contributed by atoms with Gasteiger partial charge in [0.1, 0.15) is 0 Å². The van der Waals surface area contributed by atoms with Crippen molar-refractivity contribution < 1.29 is 22.0 Å². The summed E-state index contributed by atoms with van der Waals surface area (Å²) in [6.45, 7) is 2.32. The lowest BCUT2D eigenvalue weighted by atomic mass is 10.2. The Morgan fingerprint density at radius 1 is 1.46 bits per heavy atom. The molecule has 130 valence electrons. The quantitative estimate of drug-likeness (QED) is 0.703. The molecule has 3 heterocycles. The third-order valence-corrected chi connectivity index (χ3v) is 6.32. The van der Waals surface area contributed by atoms with E-state index in [2.05, 4.69) is 10.2 Å². The van der Waals surface area contributed by atoms with Crippen molar-refractivity contribution >= 4 is 27.5 Å². The second kappa shape index (κ2) is 6.98. The summed E-state index contributed by atoms with van der Waals surface area (Å²) in [6, 6.07) is 3.17. The van der Waals surface area contributed by atoms with E-state index >= 15 is 0 Å². The number of amides is 1. The zero-order valence-corrected chi connectivity index (χ0v) is 14.7. The van der Waals surface area contributed by atoms with E-state index in [1.54, 1.807) is 17.0 Å². The van der Waals surface area contributed by atoms with Crippen LogP contribution in [0.15, 0.2) is 32.5 Å². The normalized spacial score (nSPS) is 19.5. The Bertz CT molecular complexity index is 800. The zero-order chi connectivity index (χ0) is 17.2. The molecular formula is C14H17N3O5S2. The lowest BCUT2D eigenvalue weighted by Crippen LogP contribution is -2.41. The summed E-state index contributed by atoms with van der Waals surface area (Å²) in [5.74, 6) is 0.883. The number of carbonyl (C=O) groups is 1. The van der Waals surface area contributed by atoms with Crippen LogP contribution in [0.1, 0.15) is 13.3 Å². The molecule has 1 saturated heterocycles. The first-order valence-electron chi connectivity index (χ1n) is 7.48. The largest absolute Gasteiger partial charge is 0.459 e. The Kier molecular flexibility index (Phi) is 4.95. The van der Waals surface area contributed by atoms with Gasteiger partial charge in [-0.3, -0.25) is 4.79 Å². The van der Waals surface area contributed by atoms with Crippen LogP contribution in [0.2, 0.25) is 0 Å². The number of sulfone groups is 1. The van der Waals surface area contributed by atoms with Crippen LogP contribution in [0.25, 0.3) is 11.7 Å². The molecule has 1 aliphatic heterocycles. The summed E-state index contributed by atoms with van der Waals surface area (Å²) in [5, 5.41) is 8.00. The summed E-state index contributed by atoms with van der Waals surface area (Å²) >= 11 is 1.13. The number of hydrogen-bond donors (Lipinski definition) is 0. The number of hydrogen-bond acceptors (Lipinski definition) is 8. The summed E-state index contributed by atoms with van der Waals surface area (Å²) in [5.41, 5.74) is 0. The summed E-state index contributed by atoms with van der Waals surface area (Å²) in [6.07, 6.45) is 2.00. The number of nitrogens with zero attached hydrogens (tertiary/aromatic N) is 3. The molecule has 24 heavy (non-hydrogen) atoms. The van der Waals surface area contributed by atoms with E-state index in [1.165, 1.54) is 6.26 Å². The third kappa shape index (κ3) is 3.81. The van der Waals surface area contributed by atoms with Gasteiger partial charge in [-0.05, 0) is 25.5 Å². The number of carbonyl (C=O) groups excluding carboxylic acids is 1. The molecule has 0 radical (unpaired) electrons. The van der Waals surface area contributed by atoms with E-state index in [4.69, 9.17) is 8.83 Å². The smallest absolute Gasteiger partial charge is 0.284 e. The highest BCUT2D eigenvalue weighted by atomic mass is 32.2. The van der Waals surface area contributed by atoms with Gasteiger partial charge >= 0.3 is 0 Å². The van der Waals surface area contributed by atoms with Gasteiger partial charge in [0.15, 0.2) is 15.6 Å². The van der Waals surface area contributed by atoms with Gasteiger partial charge in [0, 0.05) is 12.6 Å². The van der Waals surface area contributed by atoms with E-state index in [0.717, 1.165) is 11.8 Å². The van der Waals surface area contributed by atoms with Crippen LogP contribution >= 0.6 is 11.8 Å². The molecule has 0 aliphatic carbocycles. The van der Waals surface area contributed by atoms with Crippen molar-refractivity contribution in [3.8, 4) is 11.7 Å². The Morgan fingerprint density at radius 3 is 2.92 bits per heavy atom. The van der Waals surface area contributed by atoms with Crippen LogP contribution in [0.5, 0.6) is 0 Å². The van der Waals surface area contributed by atoms with Gasteiger partial charge in [-0.1, -0.05) is 11.8 Å². The van der Waals surface area contributed by atoms with Crippen LogP contribution in [0.3, 0.4) is 0 Å². The molecule has 0 N–H and O–H groups in total. The fourth-order valence-corrected chi connectivity index (χ4v) is 5.01. The van der Waals surface area contributed by atoms with Crippen molar-refractivity contribution in [3.63, 3.8) is 0 Å². The molecule has 3 rings (SSSR count). The molecule has 1 amide bonds. The summed E-state index contributed by atoms with van der Waals surface area (Å²) in [7, 11) is -3.02. The minimum atomic E-state index is -3.02. The van der Waals surface area contributed by atoms with Crippen molar-refractivity contribution in [2.75, 3.05) is 23.8 Å². The second-order valence-electron chi connectivity index (χ2n) is 5.38. The summed E-state index contributed by atoms with van der Waals surface area (Å²) in [4.78, 5) is 14.0. The lowest BCUT2D eigenvalue weighted by molar-refractivity contribution is -0.129. The first-order valence-corrected chi connectivity index (χ1v) is 10.3. The van der Waals surface area contributed by atoms with Crippen LogP contribution in [-0.2, 0) is 14.6 Å². The van der Waals surface area contributed by atoms with E-state index in [9.17, 15) is 13.2 Å². The van der Waals surface area contributed by atoms with Gasteiger partial charge in [0.2, 0.25) is 5.91 Å². The van der Waals surface area contributed by atoms with Crippen molar-refractivity contribution in [2.45, 2.75) is 24.6 Å². The summed E-state index contributed by atoms with van der Waals surface area (Å²) < 4.78 is 33.8. The molecule has 0 aromatic carbocycles. The molecule has 0 unspecified atom stereocenters. The molecule has 0 bridgehead atoms. The van der Waals surface area contributed by atoms with E-state index in [1.807, 2.05) is 6.92 Å². The van der Waals surface area contributed by atoms with E-state index in [-0.39, 0.29) is 40.3 Å². The monoisotopic (exact) mass is 371 g/mol. The van der Waals surface area contributed by atoms with Crippen molar-refractivity contribution in [1.29, 1.82) is 0 Å². The average Bonchev–Trinajstić information content (AvgIpc) is 3.26. The molecular weight excluding hydrogens is 354 g/mol. The van der Waals surface area contributed by atoms with E-state index < -0.39 is 9.84 Å². The van der Waals surface area contributed by atoms with Crippen LogP contribution in [-0.4, -0.2) is 59.3 Å². The number of rotatable bonds is 6. The predicted octanol–water partition coefficient (Wildman–Crippen LogP) is 1.46.